The summed E-state index contributed by atoms with van der Waals surface area (Å²) in [7, 11) is 0. The van der Waals surface area contributed by atoms with Gasteiger partial charge in [-0.1, -0.05) is 0 Å². The molecule has 0 radical (unpaired) electrons. The summed E-state index contributed by atoms with van der Waals surface area (Å²) in [6, 6.07) is 0. The SMILES string of the molecule is CCOC(=O)[C@H]1OC(C)O[C@H]1C(=O)OCC. The van der Waals surface area contributed by atoms with Crippen LogP contribution in [0.15, 0.2) is 0 Å². The average molecular weight is 232 g/mol. The Labute approximate surface area is 93.8 Å². The van der Waals surface area contributed by atoms with Gasteiger partial charge in [-0.25, -0.2) is 9.59 Å². The van der Waals surface area contributed by atoms with Crippen LogP contribution in [0.4, 0.5) is 0 Å². The van der Waals surface area contributed by atoms with E-state index in [1.54, 1.807) is 20.8 Å². The van der Waals surface area contributed by atoms with Gasteiger partial charge in [0.15, 0.2) is 18.5 Å². The van der Waals surface area contributed by atoms with Crippen molar-refractivity contribution in [2.75, 3.05) is 13.2 Å². The first-order chi connectivity index (χ1) is 7.60. The number of carbonyl (C=O) groups excluding carboxylic acids is 2. The Balaban J connectivity index is 2.66. The Kier molecular flexibility index (Phi) is 4.70. The first kappa shape index (κ1) is 12.9. The molecule has 1 heterocycles. The summed E-state index contributed by atoms with van der Waals surface area (Å²) in [4.78, 5) is 22.9. The smallest absolute Gasteiger partial charge is 0.338 e. The highest BCUT2D eigenvalue weighted by atomic mass is 16.8. The highest BCUT2D eigenvalue weighted by Gasteiger charge is 2.45. The molecule has 0 aromatic heterocycles. The molecule has 0 aliphatic carbocycles. The highest BCUT2D eigenvalue weighted by Crippen LogP contribution is 2.21. The Morgan fingerprint density at radius 2 is 1.38 bits per heavy atom. The third kappa shape index (κ3) is 2.93. The van der Waals surface area contributed by atoms with Crippen molar-refractivity contribution in [1.82, 2.24) is 0 Å². The lowest BCUT2D eigenvalue weighted by molar-refractivity contribution is -0.163. The molecule has 1 rings (SSSR count). The van der Waals surface area contributed by atoms with Crippen LogP contribution in [0.2, 0.25) is 0 Å². The van der Waals surface area contributed by atoms with Crippen molar-refractivity contribution >= 4 is 11.9 Å². The predicted octanol–water partition coefficient (Wildman–Crippen LogP) is 0.243. The van der Waals surface area contributed by atoms with Gasteiger partial charge in [0.25, 0.3) is 0 Å². The maximum absolute atomic E-state index is 11.5. The summed E-state index contributed by atoms with van der Waals surface area (Å²) in [5.41, 5.74) is 0. The van der Waals surface area contributed by atoms with Crippen molar-refractivity contribution in [2.45, 2.75) is 39.3 Å². The van der Waals surface area contributed by atoms with Gasteiger partial charge in [-0.15, -0.1) is 0 Å². The van der Waals surface area contributed by atoms with Gasteiger partial charge in [0.2, 0.25) is 0 Å². The molecule has 16 heavy (non-hydrogen) atoms. The van der Waals surface area contributed by atoms with Gasteiger partial charge in [0.1, 0.15) is 0 Å². The molecular weight excluding hydrogens is 216 g/mol. The van der Waals surface area contributed by atoms with Gasteiger partial charge in [-0.05, 0) is 20.8 Å². The molecule has 1 aliphatic rings. The highest BCUT2D eigenvalue weighted by molar-refractivity contribution is 5.86. The first-order valence-electron chi connectivity index (χ1n) is 5.24. The fourth-order valence-electron chi connectivity index (χ4n) is 1.39. The summed E-state index contributed by atoms with van der Waals surface area (Å²) in [6.07, 6.45) is -2.69. The van der Waals surface area contributed by atoms with Crippen LogP contribution in [-0.2, 0) is 28.5 Å². The van der Waals surface area contributed by atoms with Crippen molar-refractivity contribution in [1.29, 1.82) is 0 Å². The fraction of sp³-hybridized carbons (Fsp3) is 0.800. The zero-order valence-electron chi connectivity index (χ0n) is 9.60. The van der Waals surface area contributed by atoms with Crippen LogP contribution in [-0.4, -0.2) is 43.7 Å². The Morgan fingerprint density at radius 3 is 1.69 bits per heavy atom. The van der Waals surface area contributed by atoms with Crippen molar-refractivity contribution < 1.29 is 28.5 Å². The molecule has 0 aromatic carbocycles. The zero-order valence-corrected chi connectivity index (χ0v) is 9.60. The quantitative estimate of drug-likeness (QED) is 0.647. The van der Waals surface area contributed by atoms with Gasteiger partial charge < -0.3 is 18.9 Å². The average Bonchev–Trinajstić information content (AvgIpc) is 2.61. The van der Waals surface area contributed by atoms with E-state index in [4.69, 9.17) is 18.9 Å². The van der Waals surface area contributed by atoms with E-state index in [1.807, 2.05) is 0 Å². The second kappa shape index (κ2) is 5.81. The number of carbonyl (C=O) groups is 2. The molecule has 0 saturated carbocycles. The first-order valence-corrected chi connectivity index (χ1v) is 5.24. The predicted molar refractivity (Wildman–Crippen MR) is 52.5 cm³/mol. The molecule has 6 heteroatoms. The number of esters is 2. The van der Waals surface area contributed by atoms with E-state index in [-0.39, 0.29) is 13.2 Å². The monoisotopic (exact) mass is 232 g/mol. The molecule has 0 aromatic rings. The number of rotatable bonds is 4. The standard InChI is InChI=1S/C10H16O6/c1-4-13-9(11)7-8(10(12)14-5-2)16-6(3)15-7/h6-8H,4-5H2,1-3H3/t6?,7-,8+. The molecule has 1 saturated heterocycles. The minimum Gasteiger partial charge on any atom is -0.464 e. The van der Waals surface area contributed by atoms with Crippen LogP contribution in [0.25, 0.3) is 0 Å². The summed E-state index contributed by atoms with van der Waals surface area (Å²) >= 11 is 0. The van der Waals surface area contributed by atoms with Gasteiger partial charge >= 0.3 is 11.9 Å². The third-order valence-corrected chi connectivity index (χ3v) is 1.99. The molecule has 0 spiro atoms. The fourth-order valence-corrected chi connectivity index (χ4v) is 1.39. The van der Waals surface area contributed by atoms with E-state index in [0.717, 1.165) is 0 Å². The molecule has 1 unspecified atom stereocenters. The van der Waals surface area contributed by atoms with Gasteiger partial charge in [-0.2, -0.15) is 0 Å². The van der Waals surface area contributed by atoms with Crippen molar-refractivity contribution in [3.05, 3.63) is 0 Å². The summed E-state index contributed by atoms with van der Waals surface area (Å²) in [5, 5.41) is 0. The summed E-state index contributed by atoms with van der Waals surface area (Å²) in [5.74, 6) is -1.21. The molecule has 3 atom stereocenters. The maximum atomic E-state index is 11.5. The Hall–Kier alpha value is -1.14. The second-order valence-electron chi connectivity index (χ2n) is 3.19. The number of hydrogen-bond acceptors (Lipinski definition) is 6. The van der Waals surface area contributed by atoms with Gasteiger partial charge in [-0.3, -0.25) is 0 Å². The minimum absolute atomic E-state index is 0.225. The van der Waals surface area contributed by atoms with Crippen molar-refractivity contribution in [3.8, 4) is 0 Å². The van der Waals surface area contributed by atoms with E-state index in [0.29, 0.717) is 0 Å². The van der Waals surface area contributed by atoms with E-state index in [2.05, 4.69) is 0 Å². The van der Waals surface area contributed by atoms with Gasteiger partial charge in [0, 0.05) is 0 Å². The Morgan fingerprint density at radius 1 is 1.00 bits per heavy atom. The van der Waals surface area contributed by atoms with Crippen molar-refractivity contribution in [3.63, 3.8) is 0 Å². The van der Waals surface area contributed by atoms with Crippen LogP contribution in [0.3, 0.4) is 0 Å². The topological polar surface area (TPSA) is 71.1 Å². The van der Waals surface area contributed by atoms with Crippen LogP contribution in [0.1, 0.15) is 20.8 Å². The molecular formula is C10H16O6. The number of hydrogen-bond donors (Lipinski definition) is 0. The van der Waals surface area contributed by atoms with Crippen LogP contribution < -0.4 is 0 Å². The molecule has 0 N–H and O–H groups in total. The van der Waals surface area contributed by atoms with Crippen molar-refractivity contribution in [2.24, 2.45) is 0 Å². The minimum atomic E-state index is -1.03. The summed E-state index contributed by atoms with van der Waals surface area (Å²) in [6.45, 7) is 5.41. The normalized spacial score (nSPS) is 28.8. The zero-order chi connectivity index (χ0) is 12.1. The third-order valence-electron chi connectivity index (χ3n) is 1.99. The van der Waals surface area contributed by atoms with E-state index >= 15 is 0 Å². The lowest BCUT2D eigenvalue weighted by atomic mass is 10.2. The molecule has 0 amide bonds. The van der Waals surface area contributed by atoms with E-state index in [9.17, 15) is 9.59 Å². The molecule has 6 nitrogen and oxygen atoms in total. The Bertz CT molecular complexity index is 238. The van der Waals surface area contributed by atoms with Crippen LogP contribution >= 0.6 is 0 Å². The molecule has 92 valence electrons. The molecule has 1 fully saturated rings. The van der Waals surface area contributed by atoms with Crippen LogP contribution in [0.5, 0.6) is 0 Å². The maximum Gasteiger partial charge on any atom is 0.338 e. The summed E-state index contributed by atoms with van der Waals surface area (Å²) < 4.78 is 19.9. The van der Waals surface area contributed by atoms with Crippen LogP contribution in [0, 0.1) is 0 Å². The van der Waals surface area contributed by atoms with E-state index < -0.39 is 30.4 Å². The van der Waals surface area contributed by atoms with E-state index in [1.165, 1.54) is 0 Å². The molecule has 0 bridgehead atoms. The van der Waals surface area contributed by atoms with Gasteiger partial charge in [0.05, 0.1) is 13.2 Å². The largest absolute Gasteiger partial charge is 0.464 e. The second-order valence-corrected chi connectivity index (χ2v) is 3.19. The lowest BCUT2D eigenvalue weighted by Gasteiger charge is -2.13. The molecule has 1 aliphatic heterocycles. The lowest BCUT2D eigenvalue weighted by Crippen LogP contribution is -2.39. The number of ether oxygens (including phenoxy) is 4.